The molecule has 1 radical (unpaired) electrons. The molecule has 0 saturated heterocycles. The first kappa shape index (κ1) is 14.5. The third kappa shape index (κ3) is 4.01. The van der Waals surface area contributed by atoms with Crippen LogP contribution in [0.3, 0.4) is 0 Å². The second-order valence-electron chi connectivity index (χ2n) is 3.69. The number of unbranched alkanes of at least 4 members (excludes halogenated alkanes) is 1. The van der Waals surface area contributed by atoms with Gasteiger partial charge in [-0.25, -0.2) is 4.39 Å². The molecule has 0 heterocycles. The molecule has 0 unspecified atom stereocenters. The summed E-state index contributed by atoms with van der Waals surface area (Å²) in [5.74, 6) is -1.82. The molecule has 0 atom stereocenters. The molecule has 2 nitrogen and oxygen atoms in total. The Kier molecular flexibility index (Phi) is 4.69. The SMILES string of the molecule is [CH2]CCCNC(=O)c1cc(F)cc(C(F)(F)F)c1. The third-order valence-corrected chi connectivity index (χ3v) is 2.20. The van der Waals surface area contributed by atoms with Gasteiger partial charge < -0.3 is 5.32 Å². The molecule has 1 aromatic rings. The highest BCUT2D eigenvalue weighted by molar-refractivity contribution is 5.94. The first-order chi connectivity index (χ1) is 8.34. The first-order valence-electron chi connectivity index (χ1n) is 5.30. The standard InChI is InChI=1S/C12H12F4NO/c1-2-3-4-17-11(18)8-5-9(12(14,15)16)7-10(13)6-8/h5-7H,1-4H2,(H,17,18). The van der Waals surface area contributed by atoms with Gasteiger partial charge in [-0.1, -0.05) is 13.3 Å². The van der Waals surface area contributed by atoms with Gasteiger partial charge in [0.2, 0.25) is 0 Å². The Labute approximate surface area is 102 Å². The number of hydrogen-bond donors (Lipinski definition) is 1. The second kappa shape index (κ2) is 5.84. The number of benzene rings is 1. The largest absolute Gasteiger partial charge is 0.416 e. The van der Waals surface area contributed by atoms with E-state index in [9.17, 15) is 22.4 Å². The van der Waals surface area contributed by atoms with Gasteiger partial charge in [-0.3, -0.25) is 4.79 Å². The lowest BCUT2D eigenvalue weighted by molar-refractivity contribution is -0.137. The van der Waals surface area contributed by atoms with Crippen LogP contribution in [0, 0.1) is 12.7 Å². The summed E-state index contributed by atoms with van der Waals surface area (Å²) in [6.07, 6.45) is -3.48. The van der Waals surface area contributed by atoms with E-state index < -0.39 is 23.5 Å². The van der Waals surface area contributed by atoms with Crippen LogP contribution in [0.5, 0.6) is 0 Å². The summed E-state index contributed by atoms with van der Waals surface area (Å²) in [5, 5.41) is 2.39. The van der Waals surface area contributed by atoms with Gasteiger partial charge in [0.05, 0.1) is 5.56 Å². The van der Waals surface area contributed by atoms with E-state index in [2.05, 4.69) is 12.2 Å². The molecule has 0 aliphatic carbocycles. The summed E-state index contributed by atoms with van der Waals surface area (Å²) in [6.45, 7) is 3.85. The molecular weight excluding hydrogens is 250 g/mol. The highest BCUT2D eigenvalue weighted by Crippen LogP contribution is 2.30. The smallest absolute Gasteiger partial charge is 0.352 e. The van der Waals surface area contributed by atoms with Crippen molar-refractivity contribution in [3.8, 4) is 0 Å². The zero-order valence-corrected chi connectivity index (χ0v) is 9.48. The molecule has 0 aliphatic rings. The monoisotopic (exact) mass is 262 g/mol. The highest BCUT2D eigenvalue weighted by Gasteiger charge is 2.31. The van der Waals surface area contributed by atoms with E-state index in [1.807, 2.05) is 0 Å². The van der Waals surface area contributed by atoms with Crippen LogP contribution in [0.4, 0.5) is 17.6 Å². The summed E-state index contributed by atoms with van der Waals surface area (Å²) in [5.41, 5.74) is -1.52. The number of hydrogen-bond acceptors (Lipinski definition) is 1. The normalized spacial score (nSPS) is 11.4. The van der Waals surface area contributed by atoms with Crippen LogP contribution in [-0.4, -0.2) is 12.5 Å². The molecule has 18 heavy (non-hydrogen) atoms. The van der Waals surface area contributed by atoms with Crippen molar-refractivity contribution >= 4 is 5.91 Å². The van der Waals surface area contributed by atoms with Crippen molar-refractivity contribution in [2.75, 3.05) is 6.54 Å². The molecular formula is C12H12F4NO. The van der Waals surface area contributed by atoms with Crippen LogP contribution in [-0.2, 0) is 6.18 Å². The third-order valence-electron chi connectivity index (χ3n) is 2.20. The van der Waals surface area contributed by atoms with E-state index in [0.717, 1.165) is 6.07 Å². The van der Waals surface area contributed by atoms with Crippen molar-refractivity contribution in [2.45, 2.75) is 19.0 Å². The summed E-state index contributed by atoms with van der Waals surface area (Å²) >= 11 is 0. The van der Waals surface area contributed by atoms with Crippen molar-refractivity contribution in [3.05, 3.63) is 42.1 Å². The molecule has 0 aromatic heterocycles. The van der Waals surface area contributed by atoms with Crippen molar-refractivity contribution in [2.24, 2.45) is 0 Å². The van der Waals surface area contributed by atoms with E-state index in [1.165, 1.54) is 0 Å². The lowest BCUT2D eigenvalue weighted by atomic mass is 10.1. The van der Waals surface area contributed by atoms with Gasteiger partial charge in [0.25, 0.3) is 5.91 Å². The van der Waals surface area contributed by atoms with E-state index in [-0.39, 0.29) is 5.56 Å². The van der Waals surface area contributed by atoms with E-state index in [4.69, 9.17) is 0 Å². The summed E-state index contributed by atoms with van der Waals surface area (Å²) in [6, 6.07) is 1.75. The summed E-state index contributed by atoms with van der Waals surface area (Å²) in [4.78, 5) is 11.5. The molecule has 0 saturated carbocycles. The molecule has 6 heteroatoms. The molecule has 1 rings (SSSR count). The maximum atomic E-state index is 13.0. The average molecular weight is 262 g/mol. The first-order valence-corrected chi connectivity index (χ1v) is 5.30. The fraction of sp³-hybridized carbons (Fsp3) is 0.333. The number of carbonyl (C=O) groups excluding carboxylic acids is 1. The van der Waals surface area contributed by atoms with Gasteiger partial charge in [0.1, 0.15) is 5.82 Å². The molecule has 0 spiro atoms. The molecule has 1 amide bonds. The summed E-state index contributed by atoms with van der Waals surface area (Å²) in [7, 11) is 0. The minimum absolute atomic E-state index is 0.292. The van der Waals surface area contributed by atoms with Crippen LogP contribution in [0.1, 0.15) is 28.8 Å². The van der Waals surface area contributed by atoms with Crippen molar-refractivity contribution in [3.63, 3.8) is 0 Å². The number of amides is 1. The Bertz CT molecular complexity index is 429. The van der Waals surface area contributed by atoms with Crippen molar-refractivity contribution in [1.82, 2.24) is 5.32 Å². The Balaban J connectivity index is 2.89. The van der Waals surface area contributed by atoms with E-state index in [0.29, 0.717) is 31.5 Å². The zero-order valence-electron chi connectivity index (χ0n) is 9.48. The molecule has 1 N–H and O–H groups in total. The predicted octanol–water partition coefficient (Wildman–Crippen LogP) is 3.19. The van der Waals surface area contributed by atoms with Gasteiger partial charge in [0, 0.05) is 12.1 Å². The number of rotatable bonds is 4. The van der Waals surface area contributed by atoms with Gasteiger partial charge >= 0.3 is 6.18 Å². The maximum Gasteiger partial charge on any atom is 0.416 e. The fourth-order valence-electron chi connectivity index (χ4n) is 1.31. The van der Waals surface area contributed by atoms with Gasteiger partial charge in [-0.2, -0.15) is 13.2 Å². The Morgan fingerprint density at radius 1 is 1.28 bits per heavy atom. The molecule has 0 fully saturated rings. The second-order valence-corrected chi connectivity index (χ2v) is 3.69. The molecule has 99 valence electrons. The topological polar surface area (TPSA) is 29.1 Å². The van der Waals surface area contributed by atoms with E-state index >= 15 is 0 Å². The molecule has 1 aromatic carbocycles. The molecule has 0 bridgehead atoms. The van der Waals surface area contributed by atoms with Gasteiger partial charge in [-0.05, 0) is 24.6 Å². The van der Waals surface area contributed by atoms with Crippen LogP contribution >= 0.6 is 0 Å². The van der Waals surface area contributed by atoms with Gasteiger partial charge in [0.15, 0.2) is 0 Å². The van der Waals surface area contributed by atoms with Crippen LogP contribution < -0.4 is 5.32 Å². The quantitative estimate of drug-likeness (QED) is 0.655. The van der Waals surface area contributed by atoms with Crippen molar-refractivity contribution in [1.29, 1.82) is 0 Å². The number of nitrogens with one attached hydrogen (secondary N) is 1. The number of halogens is 4. The Hall–Kier alpha value is -1.59. The van der Waals surface area contributed by atoms with Crippen LogP contribution in [0.2, 0.25) is 0 Å². The fourth-order valence-corrected chi connectivity index (χ4v) is 1.31. The summed E-state index contributed by atoms with van der Waals surface area (Å²) < 4.78 is 50.3. The average Bonchev–Trinajstić information content (AvgIpc) is 2.27. The number of carbonyl (C=O) groups is 1. The highest BCUT2D eigenvalue weighted by atomic mass is 19.4. The Morgan fingerprint density at radius 3 is 2.50 bits per heavy atom. The number of alkyl halides is 3. The zero-order chi connectivity index (χ0) is 13.8. The van der Waals surface area contributed by atoms with Crippen molar-refractivity contribution < 1.29 is 22.4 Å². The van der Waals surface area contributed by atoms with E-state index in [1.54, 1.807) is 0 Å². The van der Waals surface area contributed by atoms with Crippen LogP contribution in [0.15, 0.2) is 18.2 Å². The predicted molar refractivity (Wildman–Crippen MR) is 58.3 cm³/mol. The van der Waals surface area contributed by atoms with Gasteiger partial charge in [-0.15, -0.1) is 0 Å². The van der Waals surface area contributed by atoms with Crippen LogP contribution in [0.25, 0.3) is 0 Å². The Morgan fingerprint density at radius 2 is 1.94 bits per heavy atom. The maximum absolute atomic E-state index is 13.0. The molecule has 0 aliphatic heterocycles. The lowest BCUT2D eigenvalue weighted by Gasteiger charge is -2.09. The lowest BCUT2D eigenvalue weighted by Crippen LogP contribution is -2.25. The minimum Gasteiger partial charge on any atom is -0.352 e. The minimum atomic E-state index is -4.68.